The highest BCUT2D eigenvalue weighted by Crippen LogP contribution is 2.50. The van der Waals surface area contributed by atoms with E-state index >= 15 is 0 Å². The van der Waals surface area contributed by atoms with Crippen molar-refractivity contribution in [2.75, 3.05) is 5.32 Å². The molecule has 1 amide bonds. The first-order valence-corrected chi connectivity index (χ1v) is 9.87. The van der Waals surface area contributed by atoms with Crippen LogP contribution in [0, 0.1) is 11.7 Å². The smallest absolute Gasteiger partial charge is 0.430 e. The van der Waals surface area contributed by atoms with Crippen molar-refractivity contribution < 1.29 is 50.5 Å². The molecule has 1 atom stereocenters. The number of carbonyl (C=O) groups is 2. The van der Waals surface area contributed by atoms with Crippen molar-refractivity contribution in [2.24, 2.45) is 5.92 Å². The maximum absolute atomic E-state index is 14.5. The molecule has 3 N–H and O–H groups in total. The van der Waals surface area contributed by atoms with Crippen LogP contribution < -0.4 is 5.32 Å². The van der Waals surface area contributed by atoms with Gasteiger partial charge in [0.05, 0.1) is 5.92 Å². The molecule has 0 aliphatic carbocycles. The number of hydrogen-bond donors (Lipinski definition) is 3. The topological polar surface area (TPSA) is 86.6 Å². The number of hydrogen-bond acceptors (Lipinski definition) is 3. The Bertz CT molecular complexity index is 1020. The van der Waals surface area contributed by atoms with Gasteiger partial charge >= 0.3 is 18.3 Å². The Morgan fingerprint density at radius 3 is 2.00 bits per heavy atom. The fourth-order valence-electron chi connectivity index (χ4n) is 3.11. The van der Waals surface area contributed by atoms with Crippen molar-refractivity contribution in [2.45, 2.75) is 44.1 Å². The Morgan fingerprint density at radius 1 is 0.971 bits per heavy atom. The van der Waals surface area contributed by atoms with Gasteiger partial charge in [-0.3, -0.25) is 9.59 Å². The number of carboxylic acid groups (broad SMARTS) is 1. The van der Waals surface area contributed by atoms with Crippen LogP contribution in [0.15, 0.2) is 42.5 Å². The molecule has 2 aromatic rings. The van der Waals surface area contributed by atoms with Crippen molar-refractivity contribution in [3.8, 4) is 11.1 Å². The molecule has 186 valence electrons. The van der Waals surface area contributed by atoms with E-state index in [0.717, 1.165) is 0 Å². The van der Waals surface area contributed by atoms with Crippen LogP contribution in [0.2, 0.25) is 0 Å². The fourth-order valence-corrected chi connectivity index (χ4v) is 3.11. The molecule has 1 unspecified atom stereocenters. The molecule has 0 spiro atoms. The second-order valence-corrected chi connectivity index (χ2v) is 7.66. The molecule has 0 aliphatic heterocycles. The summed E-state index contributed by atoms with van der Waals surface area (Å²) < 4.78 is 92.4. The number of aliphatic carboxylic acids is 1. The molecule has 0 fully saturated rings. The van der Waals surface area contributed by atoms with Crippen molar-refractivity contribution in [1.29, 1.82) is 0 Å². The van der Waals surface area contributed by atoms with Crippen molar-refractivity contribution >= 4 is 17.6 Å². The van der Waals surface area contributed by atoms with E-state index in [4.69, 9.17) is 5.11 Å². The number of aliphatic hydroxyl groups is 1. The largest absolute Gasteiger partial charge is 0.481 e. The molecule has 12 heteroatoms. The van der Waals surface area contributed by atoms with Crippen LogP contribution in [-0.2, 0) is 15.2 Å². The minimum atomic E-state index is -6.13. The Hall–Kier alpha value is -3.15. The molecule has 0 heterocycles. The molecule has 0 bridgehead atoms. The Balaban J connectivity index is 2.16. The second kappa shape index (κ2) is 10.00. The van der Waals surface area contributed by atoms with E-state index in [-0.39, 0.29) is 23.6 Å². The normalized spacial score (nSPS) is 13.4. The molecular weight excluding hydrogens is 475 g/mol. The molecule has 2 rings (SSSR count). The van der Waals surface area contributed by atoms with Crippen LogP contribution >= 0.6 is 0 Å². The average molecular weight is 495 g/mol. The third-order valence-corrected chi connectivity index (χ3v) is 5.15. The Kier molecular flexibility index (Phi) is 7.97. The van der Waals surface area contributed by atoms with E-state index in [1.807, 2.05) is 0 Å². The van der Waals surface area contributed by atoms with E-state index in [1.54, 1.807) is 0 Å². The van der Waals surface area contributed by atoms with Crippen LogP contribution in [0.3, 0.4) is 0 Å². The monoisotopic (exact) mass is 495 g/mol. The molecular formula is C22H20F7NO4. The van der Waals surface area contributed by atoms with Crippen molar-refractivity contribution in [3.63, 3.8) is 0 Å². The van der Waals surface area contributed by atoms with E-state index in [1.165, 1.54) is 31.2 Å². The third kappa shape index (κ3) is 5.85. The van der Waals surface area contributed by atoms with Gasteiger partial charge in [0, 0.05) is 23.2 Å². The number of alkyl halides is 6. The minimum absolute atomic E-state index is 0.0237. The number of rotatable bonds is 8. The third-order valence-electron chi connectivity index (χ3n) is 5.15. The van der Waals surface area contributed by atoms with E-state index in [9.17, 15) is 45.4 Å². The first-order chi connectivity index (χ1) is 15.6. The zero-order chi connectivity index (χ0) is 25.9. The molecule has 0 aromatic heterocycles. The van der Waals surface area contributed by atoms with Gasteiger partial charge in [-0.2, -0.15) is 26.3 Å². The molecule has 0 saturated heterocycles. The van der Waals surface area contributed by atoms with Gasteiger partial charge in [-0.05, 0) is 36.6 Å². The molecule has 0 saturated carbocycles. The van der Waals surface area contributed by atoms with Gasteiger partial charge in [-0.15, -0.1) is 0 Å². The van der Waals surface area contributed by atoms with Gasteiger partial charge in [-0.25, -0.2) is 4.39 Å². The lowest BCUT2D eigenvalue weighted by atomic mass is 9.90. The summed E-state index contributed by atoms with van der Waals surface area (Å²) >= 11 is 0. The van der Waals surface area contributed by atoms with E-state index < -0.39 is 47.1 Å². The zero-order valence-electron chi connectivity index (χ0n) is 17.6. The summed E-state index contributed by atoms with van der Waals surface area (Å²) in [6.45, 7) is 1.51. The number of carbonyl (C=O) groups excluding carboxylic acids is 1. The lowest BCUT2D eigenvalue weighted by Crippen LogP contribution is -2.53. The summed E-state index contributed by atoms with van der Waals surface area (Å²) in [6.07, 6.45) is -11.6. The van der Waals surface area contributed by atoms with Crippen LogP contribution in [-0.4, -0.2) is 34.4 Å². The summed E-state index contributed by atoms with van der Waals surface area (Å²) in [5, 5.41) is 20.7. The number of nitrogens with one attached hydrogen (secondary N) is 1. The van der Waals surface area contributed by atoms with E-state index in [2.05, 4.69) is 5.32 Å². The number of anilines is 1. The van der Waals surface area contributed by atoms with Gasteiger partial charge in [0.2, 0.25) is 5.91 Å². The van der Waals surface area contributed by atoms with Crippen molar-refractivity contribution in [3.05, 3.63) is 53.8 Å². The molecule has 5 nitrogen and oxygen atoms in total. The molecule has 34 heavy (non-hydrogen) atoms. The summed E-state index contributed by atoms with van der Waals surface area (Å²) in [7, 11) is 0. The number of amides is 1. The van der Waals surface area contributed by atoms with E-state index in [0.29, 0.717) is 30.7 Å². The van der Waals surface area contributed by atoms with Crippen molar-refractivity contribution in [1.82, 2.24) is 0 Å². The van der Waals surface area contributed by atoms with Gasteiger partial charge < -0.3 is 15.5 Å². The highest BCUT2D eigenvalue weighted by molar-refractivity contribution is 5.91. The first kappa shape index (κ1) is 27.1. The lowest BCUT2D eigenvalue weighted by molar-refractivity contribution is -0.376. The quantitative estimate of drug-likeness (QED) is 0.414. The lowest BCUT2D eigenvalue weighted by Gasteiger charge is -2.32. The number of carboxylic acids is 1. The number of benzene rings is 2. The predicted molar refractivity (Wildman–Crippen MR) is 107 cm³/mol. The highest BCUT2D eigenvalue weighted by atomic mass is 19.4. The van der Waals surface area contributed by atoms with Crippen LogP contribution in [0.5, 0.6) is 0 Å². The summed E-state index contributed by atoms with van der Waals surface area (Å²) in [4.78, 5) is 22.7. The first-order valence-electron chi connectivity index (χ1n) is 9.87. The minimum Gasteiger partial charge on any atom is -0.481 e. The van der Waals surface area contributed by atoms with Crippen LogP contribution in [0.25, 0.3) is 11.1 Å². The maximum Gasteiger partial charge on any atom is 0.430 e. The van der Waals surface area contributed by atoms with Gasteiger partial charge in [0.25, 0.3) is 5.60 Å². The Morgan fingerprint density at radius 2 is 1.53 bits per heavy atom. The molecule has 0 radical (unpaired) electrons. The predicted octanol–water partition coefficient (Wildman–Crippen LogP) is 5.63. The standard InChI is InChI=1S/C22H20F7NO4/c1-12(19(32)33)3-2-4-18(31)30-15-8-5-13(6-9-15)16-10-7-14(11-17(16)23)20(34,21(24,25)26)22(27,28)29/h5-12,34H,2-4H2,1H3,(H,30,31)(H,32,33). The van der Waals surface area contributed by atoms with Crippen LogP contribution in [0.1, 0.15) is 31.7 Å². The Labute approximate surface area is 189 Å². The SMILES string of the molecule is CC(CCCC(=O)Nc1ccc(-c2ccc(C(O)(C(F)(F)F)C(F)(F)F)cc2F)cc1)C(=O)O. The van der Waals surface area contributed by atoms with Gasteiger partial charge in [0.15, 0.2) is 0 Å². The van der Waals surface area contributed by atoms with Gasteiger partial charge in [-0.1, -0.05) is 31.2 Å². The van der Waals surface area contributed by atoms with Crippen LogP contribution in [0.4, 0.5) is 36.4 Å². The fraction of sp³-hybridized carbons (Fsp3) is 0.364. The van der Waals surface area contributed by atoms with Gasteiger partial charge in [0.1, 0.15) is 5.82 Å². The zero-order valence-corrected chi connectivity index (χ0v) is 17.6. The highest BCUT2D eigenvalue weighted by Gasteiger charge is 2.71. The number of halogens is 7. The summed E-state index contributed by atoms with van der Waals surface area (Å²) in [5.41, 5.74) is -6.89. The molecule has 0 aliphatic rings. The maximum atomic E-state index is 14.5. The summed E-state index contributed by atoms with van der Waals surface area (Å²) in [6, 6.07) is 6.28. The average Bonchev–Trinajstić information content (AvgIpc) is 2.72. The molecule has 2 aromatic carbocycles. The second-order valence-electron chi connectivity index (χ2n) is 7.66. The summed E-state index contributed by atoms with van der Waals surface area (Å²) in [5.74, 6) is -3.40.